The minimum absolute atomic E-state index is 0.000380. The normalized spacial score (nSPS) is 15.4. The molecule has 2 rings (SSSR count). The molecule has 0 aromatic heterocycles. The quantitative estimate of drug-likeness (QED) is 0.816. The minimum Gasteiger partial charge on any atom is -0.406 e. The first kappa shape index (κ1) is 21.0. The highest BCUT2D eigenvalue weighted by Crippen LogP contribution is 2.23. The van der Waals surface area contributed by atoms with Gasteiger partial charge in [0.1, 0.15) is 5.75 Å². The van der Waals surface area contributed by atoms with Crippen LogP contribution >= 0.6 is 0 Å². The smallest absolute Gasteiger partial charge is 0.406 e. The Morgan fingerprint density at radius 3 is 2.22 bits per heavy atom. The lowest BCUT2D eigenvalue weighted by Crippen LogP contribution is -2.41. The van der Waals surface area contributed by atoms with Crippen LogP contribution in [0.3, 0.4) is 0 Å². The van der Waals surface area contributed by atoms with Crippen molar-refractivity contribution in [1.29, 1.82) is 0 Å². The number of halogens is 3. The van der Waals surface area contributed by atoms with Gasteiger partial charge < -0.3 is 15.0 Å². The van der Waals surface area contributed by atoms with Crippen LogP contribution < -0.4 is 10.1 Å². The van der Waals surface area contributed by atoms with E-state index in [0.717, 1.165) is 50.9 Å². The van der Waals surface area contributed by atoms with Gasteiger partial charge in [0.05, 0.1) is 13.1 Å². The summed E-state index contributed by atoms with van der Waals surface area (Å²) < 4.78 is 40.2. The molecule has 1 N–H and O–H groups in total. The number of nitrogens with one attached hydrogen (secondary N) is 1. The number of ether oxygens (including phenoxy) is 1. The van der Waals surface area contributed by atoms with Crippen molar-refractivity contribution in [2.24, 2.45) is 0 Å². The molecule has 1 aliphatic heterocycles. The second-order valence-corrected chi connectivity index (χ2v) is 6.59. The number of likely N-dealkylation sites (tertiary alicyclic amines) is 1. The largest absolute Gasteiger partial charge is 0.573 e. The summed E-state index contributed by atoms with van der Waals surface area (Å²) in [6.45, 7) is 1.66. The molecule has 0 radical (unpaired) electrons. The van der Waals surface area contributed by atoms with E-state index in [1.165, 1.54) is 12.1 Å². The number of nitrogens with zero attached hydrogens (tertiary/aromatic N) is 2. The second-order valence-electron chi connectivity index (χ2n) is 6.59. The molecule has 0 spiro atoms. The SMILES string of the molecule is CN(CC(=O)Nc1ccc(OC(F)(F)F)cc1)CC(=O)N1CCCCCC1. The number of hydrogen-bond donors (Lipinski definition) is 1. The first-order chi connectivity index (χ1) is 12.7. The average molecular weight is 387 g/mol. The van der Waals surface area contributed by atoms with Crippen molar-refractivity contribution in [2.75, 3.05) is 38.5 Å². The van der Waals surface area contributed by atoms with Crippen LogP contribution in [-0.2, 0) is 9.59 Å². The van der Waals surface area contributed by atoms with Crippen LogP contribution in [0, 0.1) is 0 Å². The zero-order valence-corrected chi connectivity index (χ0v) is 15.2. The minimum atomic E-state index is -4.76. The van der Waals surface area contributed by atoms with Gasteiger partial charge >= 0.3 is 6.36 Å². The second kappa shape index (κ2) is 9.59. The predicted octanol–water partition coefficient (Wildman–Crippen LogP) is 2.86. The maximum absolute atomic E-state index is 12.3. The summed E-state index contributed by atoms with van der Waals surface area (Å²) in [6, 6.07) is 4.88. The molecule has 27 heavy (non-hydrogen) atoms. The molecule has 1 aliphatic rings. The van der Waals surface area contributed by atoms with E-state index in [2.05, 4.69) is 10.1 Å². The molecule has 9 heteroatoms. The van der Waals surface area contributed by atoms with Crippen LogP contribution in [0.25, 0.3) is 0 Å². The molecule has 6 nitrogen and oxygen atoms in total. The molecule has 0 saturated carbocycles. The Labute approximate surface area is 156 Å². The van der Waals surface area contributed by atoms with E-state index >= 15 is 0 Å². The number of benzene rings is 1. The number of likely N-dealkylation sites (N-methyl/N-ethyl adjacent to an activating group) is 1. The fourth-order valence-electron chi connectivity index (χ4n) is 2.89. The van der Waals surface area contributed by atoms with Gasteiger partial charge in [-0.25, -0.2) is 0 Å². The topological polar surface area (TPSA) is 61.9 Å². The number of alkyl halides is 3. The van der Waals surface area contributed by atoms with Gasteiger partial charge in [0.2, 0.25) is 11.8 Å². The Hall–Kier alpha value is -2.29. The first-order valence-corrected chi connectivity index (χ1v) is 8.85. The van der Waals surface area contributed by atoms with E-state index in [4.69, 9.17) is 0 Å². The monoisotopic (exact) mass is 387 g/mol. The number of carbonyl (C=O) groups excluding carboxylic acids is 2. The van der Waals surface area contributed by atoms with Crippen molar-refractivity contribution in [3.8, 4) is 5.75 Å². The van der Waals surface area contributed by atoms with E-state index in [1.54, 1.807) is 11.9 Å². The lowest BCUT2D eigenvalue weighted by molar-refractivity contribution is -0.274. The van der Waals surface area contributed by atoms with Gasteiger partial charge in [0.25, 0.3) is 0 Å². The van der Waals surface area contributed by atoms with Crippen molar-refractivity contribution in [3.63, 3.8) is 0 Å². The Balaban J connectivity index is 1.78. The molecule has 1 aromatic rings. The molecular weight excluding hydrogens is 363 g/mol. The zero-order valence-electron chi connectivity index (χ0n) is 15.2. The van der Waals surface area contributed by atoms with E-state index in [1.807, 2.05) is 4.90 Å². The number of rotatable bonds is 6. The number of amides is 2. The highest BCUT2D eigenvalue weighted by atomic mass is 19.4. The van der Waals surface area contributed by atoms with Crippen LogP contribution in [-0.4, -0.2) is 61.2 Å². The van der Waals surface area contributed by atoms with Gasteiger partial charge in [-0.3, -0.25) is 14.5 Å². The molecule has 1 saturated heterocycles. The predicted molar refractivity (Wildman–Crippen MR) is 94.3 cm³/mol. The van der Waals surface area contributed by atoms with Gasteiger partial charge in [-0.15, -0.1) is 13.2 Å². The summed E-state index contributed by atoms with van der Waals surface area (Å²) in [7, 11) is 1.68. The van der Waals surface area contributed by atoms with Crippen LogP contribution in [0.1, 0.15) is 25.7 Å². The summed E-state index contributed by atoms with van der Waals surface area (Å²) in [6.07, 6.45) is -0.481. The highest BCUT2D eigenvalue weighted by molar-refractivity contribution is 5.92. The first-order valence-electron chi connectivity index (χ1n) is 8.85. The van der Waals surface area contributed by atoms with Crippen LogP contribution in [0.15, 0.2) is 24.3 Å². The van der Waals surface area contributed by atoms with E-state index in [-0.39, 0.29) is 30.7 Å². The zero-order chi connectivity index (χ0) is 19.9. The van der Waals surface area contributed by atoms with Gasteiger partial charge in [-0.05, 0) is 44.2 Å². The van der Waals surface area contributed by atoms with Crippen molar-refractivity contribution < 1.29 is 27.5 Å². The van der Waals surface area contributed by atoms with Crippen molar-refractivity contribution in [2.45, 2.75) is 32.0 Å². The standard InChI is InChI=1S/C18H24F3N3O3/c1-23(13-17(26)24-10-4-2-3-5-11-24)12-16(25)22-14-6-8-15(9-7-14)27-18(19,20)21/h6-9H,2-5,10-13H2,1H3,(H,22,25). The summed E-state index contributed by atoms with van der Waals surface area (Å²) in [4.78, 5) is 27.8. The van der Waals surface area contributed by atoms with Gasteiger partial charge in [0.15, 0.2) is 0 Å². The van der Waals surface area contributed by atoms with Crippen LogP contribution in [0.4, 0.5) is 18.9 Å². The molecule has 150 valence electrons. The van der Waals surface area contributed by atoms with Gasteiger partial charge in [-0.2, -0.15) is 0 Å². The maximum atomic E-state index is 12.3. The molecule has 0 unspecified atom stereocenters. The average Bonchev–Trinajstić information content (AvgIpc) is 2.84. The Kier molecular flexibility index (Phi) is 7.46. The maximum Gasteiger partial charge on any atom is 0.573 e. The molecule has 0 bridgehead atoms. The third-order valence-electron chi connectivity index (χ3n) is 4.15. The van der Waals surface area contributed by atoms with Crippen LogP contribution in [0.5, 0.6) is 5.75 Å². The van der Waals surface area contributed by atoms with Crippen molar-refractivity contribution in [3.05, 3.63) is 24.3 Å². The molecule has 2 amide bonds. The van der Waals surface area contributed by atoms with Gasteiger partial charge in [-0.1, -0.05) is 12.8 Å². The molecule has 0 atom stereocenters. The van der Waals surface area contributed by atoms with Crippen molar-refractivity contribution >= 4 is 17.5 Å². The van der Waals surface area contributed by atoms with E-state index in [0.29, 0.717) is 5.69 Å². The third-order valence-corrected chi connectivity index (χ3v) is 4.15. The van der Waals surface area contributed by atoms with E-state index < -0.39 is 6.36 Å². The lowest BCUT2D eigenvalue weighted by Gasteiger charge is -2.23. The Bertz CT molecular complexity index is 627. The Morgan fingerprint density at radius 2 is 1.67 bits per heavy atom. The molecule has 1 heterocycles. The molecule has 1 aromatic carbocycles. The number of carbonyl (C=O) groups is 2. The van der Waals surface area contributed by atoms with Crippen LogP contribution in [0.2, 0.25) is 0 Å². The van der Waals surface area contributed by atoms with Gasteiger partial charge in [0, 0.05) is 18.8 Å². The number of hydrogen-bond acceptors (Lipinski definition) is 4. The fourth-order valence-corrected chi connectivity index (χ4v) is 2.89. The summed E-state index contributed by atoms with van der Waals surface area (Å²) in [5, 5.41) is 2.58. The van der Waals surface area contributed by atoms with E-state index in [9.17, 15) is 22.8 Å². The highest BCUT2D eigenvalue weighted by Gasteiger charge is 2.31. The molecule has 0 aliphatic carbocycles. The lowest BCUT2D eigenvalue weighted by atomic mass is 10.2. The molecule has 1 fully saturated rings. The summed E-state index contributed by atoms with van der Waals surface area (Å²) in [5.74, 6) is -0.716. The summed E-state index contributed by atoms with van der Waals surface area (Å²) >= 11 is 0. The molecular formula is C18H24F3N3O3. The van der Waals surface area contributed by atoms with Crippen molar-refractivity contribution in [1.82, 2.24) is 9.80 Å². The number of anilines is 1. The fraction of sp³-hybridized carbons (Fsp3) is 0.556. The summed E-state index contributed by atoms with van der Waals surface area (Å²) in [5.41, 5.74) is 0.349. The Morgan fingerprint density at radius 1 is 1.07 bits per heavy atom. The third kappa shape index (κ3) is 7.86.